The van der Waals surface area contributed by atoms with E-state index in [2.05, 4.69) is 34.1 Å². The van der Waals surface area contributed by atoms with Crippen LogP contribution in [0.3, 0.4) is 0 Å². The lowest BCUT2D eigenvalue weighted by Gasteiger charge is -2.01. The molecule has 0 fully saturated rings. The molecule has 0 aliphatic carbocycles. The highest BCUT2D eigenvalue weighted by Crippen LogP contribution is 2.20. The van der Waals surface area contributed by atoms with Gasteiger partial charge in [0.2, 0.25) is 0 Å². The maximum Gasteiger partial charge on any atom is 0.186 e. The van der Waals surface area contributed by atoms with Crippen molar-refractivity contribution in [1.82, 2.24) is 14.8 Å². The Kier molecular flexibility index (Phi) is 5.01. The number of nitrogens with zero attached hydrogens (tertiary/aromatic N) is 3. The SMILES string of the molecule is Cn1ncnc1SCc1cccc(C#CCCO)c1. The van der Waals surface area contributed by atoms with E-state index in [0.29, 0.717) is 6.42 Å². The van der Waals surface area contributed by atoms with Gasteiger partial charge in [0.05, 0.1) is 6.61 Å². The summed E-state index contributed by atoms with van der Waals surface area (Å²) >= 11 is 1.65. The molecular formula is C14H15N3OS. The molecule has 2 rings (SSSR count). The van der Waals surface area contributed by atoms with Gasteiger partial charge in [0.1, 0.15) is 6.33 Å². The van der Waals surface area contributed by atoms with Crippen LogP contribution < -0.4 is 0 Å². The molecule has 1 N–H and O–H groups in total. The third-order valence-corrected chi connectivity index (χ3v) is 3.54. The zero-order valence-electron chi connectivity index (χ0n) is 10.7. The molecule has 19 heavy (non-hydrogen) atoms. The predicted molar refractivity (Wildman–Crippen MR) is 75.6 cm³/mol. The van der Waals surface area contributed by atoms with Crippen LogP contribution in [0.1, 0.15) is 17.5 Å². The van der Waals surface area contributed by atoms with E-state index in [4.69, 9.17) is 5.11 Å². The van der Waals surface area contributed by atoms with E-state index in [1.807, 2.05) is 19.2 Å². The van der Waals surface area contributed by atoms with Crippen molar-refractivity contribution in [3.63, 3.8) is 0 Å². The van der Waals surface area contributed by atoms with Crippen LogP contribution in [0.25, 0.3) is 0 Å². The van der Waals surface area contributed by atoms with Crippen molar-refractivity contribution in [2.75, 3.05) is 6.61 Å². The van der Waals surface area contributed by atoms with Gasteiger partial charge in [-0.05, 0) is 17.7 Å². The maximum absolute atomic E-state index is 8.69. The third-order valence-electron chi connectivity index (χ3n) is 2.43. The number of aliphatic hydroxyl groups excluding tert-OH is 1. The average molecular weight is 273 g/mol. The second-order valence-electron chi connectivity index (χ2n) is 3.93. The van der Waals surface area contributed by atoms with E-state index in [9.17, 15) is 0 Å². The first-order chi connectivity index (χ1) is 9.29. The van der Waals surface area contributed by atoms with Crippen LogP contribution in [0.5, 0.6) is 0 Å². The van der Waals surface area contributed by atoms with Crippen LogP contribution in [0.15, 0.2) is 35.7 Å². The zero-order valence-corrected chi connectivity index (χ0v) is 11.5. The molecule has 98 valence electrons. The fourth-order valence-electron chi connectivity index (χ4n) is 1.52. The van der Waals surface area contributed by atoms with Crippen molar-refractivity contribution < 1.29 is 5.11 Å². The summed E-state index contributed by atoms with van der Waals surface area (Å²) in [6, 6.07) is 8.10. The number of hydrogen-bond donors (Lipinski definition) is 1. The Morgan fingerprint density at radius 3 is 3.05 bits per heavy atom. The Morgan fingerprint density at radius 2 is 2.32 bits per heavy atom. The minimum atomic E-state index is 0.106. The summed E-state index contributed by atoms with van der Waals surface area (Å²) < 4.78 is 1.76. The Hall–Kier alpha value is -1.77. The fraction of sp³-hybridized carbons (Fsp3) is 0.286. The monoisotopic (exact) mass is 273 g/mol. The van der Waals surface area contributed by atoms with Crippen LogP contribution in [-0.2, 0) is 12.8 Å². The Morgan fingerprint density at radius 1 is 1.42 bits per heavy atom. The maximum atomic E-state index is 8.69. The number of rotatable bonds is 4. The van der Waals surface area contributed by atoms with Crippen molar-refractivity contribution in [2.45, 2.75) is 17.3 Å². The quantitative estimate of drug-likeness (QED) is 0.682. The lowest BCUT2D eigenvalue weighted by molar-refractivity contribution is 0.305. The third kappa shape index (κ3) is 4.12. The molecule has 0 bridgehead atoms. The molecule has 0 spiro atoms. The molecule has 1 heterocycles. The van der Waals surface area contributed by atoms with Crippen molar-refractivity contribution in [2.24, 2.45) is 7.05 Å². The lowest BCUT2D eigenvalue weighted by atomic mass is 10.1. The van der Waals surface area contributed by atoms with E-state index in [-0.39, 0.29) is 6.61 Å². The molecular weight excluding hydrogens is 258 g/mol. The molecule has 1 aromatic heterocycles. The summed E-state index contributed by atoms with van der Waals surface area (Å²) in [5.74, 6) is 6.80. The number of hydrogen-bond acceptors (Lipinski definition) is 4. The molecule has 0 saturated heterocycles. The molecule has 0 amide bonds. The molecule has 5 heteroatoms. The number of aliphatic hydroxyl groups is 1. The fourth-order valence-corrected chi connectivity index (χ4v) is 2.35. The van der Waals surface area contributed by atoms with Gasteiger partial charge in [0, 0.05) is 24.8 Å². The van der Waals surface area contributed by atoms with Gasteiger partial charge in [-0.1, -0.05) is 35.7 Å². The molecule has 0 aliphatic rings. The van der Waals surface area contributed by atoms with Crippen LogP contribution in [0.2, 0.25) is 0 Å². The van der Waals surface area contributed by atoms with Gasteiger partial charge in [-0.3, -0.25) is 0 Å². The Labute approximate surface area is 116 Å². The Bertz CT molecular complexity index is 598. The number of benzene rings is 1. The Balaban J connectivity index is 2.00. The molecule has 0 saturated carbocycles. The number of thioether (sulfide) groups is 1. The first-order valence-corrected chi connectivity index (χ1v) is 6.93. The minimum Gasteiger partial charge on any atom is -0.395 e. The molecule has 0 aliphatic heterocycles. The minimum absolute atomic E-state index is 0.106. The topological polar surface area (TPSA) is 50.9 Å². The first-order valence-electron chi connectivity index (χ1n) is 5.95. The smallest absolute Gasteiger partial charge is 0.186 e. The van der Waals surface area contributed by atoms with E-state index >= 15 is 0 Å². The highest BCUT2D eigenvalue weighted by molar-refractivity contribution is 7.98. The van der Waals surface area contributed by atoms with Gasteiger partial charge >= 0.3 is 0 Å². The van der Waals surface area contributed by atoms with E-state index in [0.717, 1.165) is 16.5 Å². The zero-order chi connectivity index (χ0) is 13.5. The van der Waals surface area contributed by atoms with E-state index < -0.39 is 0 Å². The van der Waals surface area contributed by atoms with Gasteiger partial charge in [0.15, 0.2) is 5.16 Å². The largest absolute Gasteiger partial charge is 0.395 e. The molecule has 0 radical (unpaired) electrons. The van der Waals surface area contributed by atoms with Crippen molar-refractivity contribution in [1.29, 1.82) is 0 Å². The van der Waals surface area contributed by atoms with Crippen molar-refractivity contribution in [3.05, 3.63) is 41.7 Å². The second kappa shape index (κ2) is 6.98. The van der Waals surface area contributed by atoms with Crippen LogP contribution in [-0.4, -0.2) is 26.5 Å². The predicted octanol–water partition coefficient (Wildman–Crippen LogP) is 1.84. The number of aromatic nitrogens is 3. The summed E-state index contributed by atoms with van der Waals surface area (Å²) in [6.07, 6.45) is 2.07. The van der Waals surface area contributed by atoms with Gasteiger partial charge in [0.25, 0.3) is 0 Å². The lowest BCUT2D eigenvalue weighted by Crippen LogP contribution is -1.93. The van der Waals surface area contributed by atoms with Crippen LogP contribution >= 0.6 is 11.8 Å². The highest BCUT2D eigenvalue weighted by atomic mass is 32.2. The molecule has 4 nitrogen and oxygen atoms in total. The van der Waals surface area contributed by atoms with Gasteiger partial charge in [-0.2, -0.15) is 5.10 Å². The van der Waals surface area contributed by atoms with E-state index in [1.165, 1.54) is 5.56 Å². The number of aryl methyl sites for hydroxylation is 1. The average Bonchev–Trinajstić information content (AvgIpc) is 2.83. The molecule has 1 aromatic carbocycles. The molecule has 2 aromatic rings. The normalized spacial score (nSPS) is 10.0. The highest BCUT2D eigenvalue weighted by Gasteiger charge is 2.02. The standard InChI is InChI=1S/C14H15N3OS/c1-17-14(15-11-16-17)19-10-13-7-4-6-12(9-13)5-2-3-8-18/h4,6-7,9,11,18H,3,8,10H2,1H3. The van der Waals surface area contributed by atoms with Crippen molar-refractivity contribution >= 4 is 11.8 Å². The summed E-state index contributed by atoms with van der Waals surface area (Å²) in [4.78, 5) is 4.17. The summed E-state index contributed by atoms with van der Waals surface area (Å²) in [6.45, 7) is 0.106. The molecule has 0 atom stereocenters. The summed E-state index contributed by atoms with van der Waals surface area (Å²) in [5.41, 5.74) is 2.17. The van der Waals surface area contributed by atoms with Gasteiger partial charge < -0.3 is 5.11 Å². The van der Waals surface area contributed by atoms with Crippen LogP contribution in [0, 0.1) is 11.8 Å². The second-order valence-corrected chi connectivity index (χ2v) is 4.87. The first kappa shape index (κ1) is 13.7. The summed E-state index contributed by atoms with van der Waals surface area (Å²) in [7, 11) is 1.88. The van der Waals surface area contributed by atoms with Gasteiger partial charge in [-0.15, -0.1) is 0 Å². The summed E-state index contributed by atoms with van der Waals surface area (Å²) in [5, 5.41) is 13.6. The van der Waals surface area contributed by atoms with Crippen LogP contribution in [0.4, 0.5) is 0 Å². The van der Waals surface area contributed by atoms with Gasteiger partial charge in [-0.25, -0.2) is 9.67 Å². The van der Waals surface area contributed by atoms with E-state index in [1.54, 1.807) is 22.8 Å². The van der Waals surface area contributed by atoms with Crippen molar-refractivity contribution in [3.8, 4) is 11.8 Å². The molecule has 0 unspecified atom stereocenters.